The van der Waals surface area contributed by atoms with Crippen molar-refractivity contribution < 1.29 is 4.79 Å². The number of carbonyl (C=O) groups excluding carboxylic acids is 1. The van der Waals surface area contributed by atoms with E-state index in [1.807, 2.05) is 21.4 Å². The fraction of sp³-hybridized carbons (Fsp3) is 0.560. The van der Waals surface area contributed by atoms with E-state index in [-0.39, 0.29) is 11.4 Å². The van der Waals surface area contributed by atoms with Crippen LogP contribution >= 0.6 is 11.3 Å². The highest BCUT2D eigenvalue weighted by Gasteiger charge is 2.24. The number of aryl methyl sites for hydroxylation is 1. The summed E-state index contributed by atoms with van der Waals surface area (Å²) >= 11 is 1.52. The fourth-order valence-corrected chi connectivity index (χ4v) is 5.01. The van der Waals surface area contributed by atoms with Crippen molar-refractivity contribution in [1.29, 1.82) is 0 Å². The second-order valence-electron chi connectivity index (χ2n) is 9.96. The summed E-state index contributed by atoms with van der Waals surface area (Å²) in [5.74, 6) is 1.06. The van der Waals surface area contributed by atoms with Crippen LogP contribution in [0.2, 0.25) is 0 Å². The lowest BCUT2D eigenvalue weighted by Crippen LogP contribution is -2.39. The van der Waals surface area contributed by atoms with Crippen LogP contribution in [-0.4, -0.2) is 57.6 Å². The molecule has 0 saturated carbocycles. The van der Waals surface area contributed by atoms with Gasteiger partial charge in [0.2, 0.25) is 16.0 Å². The highest BCUT2D eigenvalue weighted by atomic mass is 32.1. The molecule has 1 N–H and O–H groups in total. The largest absolute Gasteiger partial charge is 0.364 e. The van der Waals surface area contributed by atoms with Crippen molar-refractivity contribution in [3.63, 3.8) is 0 Å². The van der Waals surface area contributed by atoms with E-state index in [0.717, 1.165) is 59.5 Å². The Kier molecular flexibility index (Phi) is 6.93. The number of carbonyl (C=O) groups is 1. The molecule has 7 nitrogen and oxygen atoms in total. The number of likely N-dealkylation sites (N-methyl/N-ethyl adjacent to an activating group) is 1. The van der Waals surface area contributed by atoms with Crippen LogP contribution in [-0.2, 0) is 11.2 Å². The lowest BCUT2D eigenvalue weighted by atomic mass is 10.1. The molecule has 1 amide bonds. The third kappa shape index (κ3) is 5.49. The summed E-state index contributed by atoms with van der Waals surface area (Å²) in [4.78, 5) is 22.6. The van der Waals surface area contributed by atoms with Crippen molar-refractivity contribution in [2.75, 3.05) is 36.9 Å². The standard InChI is InChI=1S/C25H36N6OS/c1-6-18-11-13-19(14-12-18)21-22(27-25(2,3)4)31-23(26-21)33-24(28-31)29(5)17-20(32)30-15-9-7-8-10-16-30/h11-14,27H,6-10,15-17H2,1-5H3. The van der Waals surface area contributed by atoms with Gasteiger partial charge < -0.3 is 15.1 Å². The first-order chi connectivity index (χ1) is 15.7. The summed E-state index contributed by atoms with van der Waals surface area (Å²) in [5, 5.41) is 9.26. The van der Waals surface area contributed by atoms with Gasteiger partial charge in [-0.1, -0.05) is 55.4 Å². The number of fused-ring (bicyclic) bond motifs is 1. The molecule has 0 aliphatic carbocycles. The molecule has 1 saturated heterocycles. The normalized spacial score (nSPS) is 15.0. The third-order valence-corrected chi connectivity index (χ3v) is 7.00. The van der Waals surface area contributed by atoms with Crippen LogP contribution in [0.25, 0.3) is 16.2 Å². The Bertz CT molecular complexity index is 1090. The van der Waals surface area contributed by atoms with Gasteiger partial charge in [-0.3, -0.25) is 4.79 Å². The van der Waals surface area contributed by atoms with Gasteiger partial charge in [0.05, 0.1) is 6.54 Å². The quantitative estimate of drug-likeness (QED) is 0.547. The molecule has 4 rings (SSSR count). The van der Waals surface area contributed by atoms with Crippen molar-refractivity contribution in [3.8, 4) is 11.3 Å². The molecule has 1 aliphatic heterocycles. The van der Waals surface area contributed by atoms with E-state index in [4.69, 9.17) is 10.1 Å². The second kappa shape index (κ2) is 9.71. The zero-order valence-electron chi connectivity index (χ0n) is 20.5. The predicted octanol–water partition coefficient (Wildman–Crippen LogP) is 5.07. The molecule has 33 heavy (non-hydrogen) atoms. The van der Waals surface area contributed by atoms with Crippen LogP contribution in [0, 0.1) is 0 Å². The molecule has 2 aromatic heterocycles. The average Bonchev–Trinajstić information content (AvgIpc) is 3.19. The number of rotatable bonds is 6. The van der Waals surface area contributed by atoms with E-state index in [1.165, 1.54) is 29.7 Å². The number of imidazole rings is 1. The van der Waals surface area contributed by atoms with Gasteiger partial charge in [0.15, 0.2) is 5.82 Å². The van der Waals surface area contributed by atoms with E-state index >= 15 is 0 Å². The van der Waals surface area contributed by atoms with Gasteiger partial charge in [-0.15, -0.1) is 5.10 Å². The Morgan fingerprint density at radius 3 is 2.39 bits per heavy atom. The molecule has 0 bridgehead atoms. The highest BCUT2D eigenvalue weighted by Crippen LogP contribution is 2.34. The highest BCUT2D eigenvalue weighted by molar-refractivity contribution is 7.20. The monoisotopic (exact) mass is 468 g/mol. The Morgan fingerprint density at radius 1 is 1.12 bits per heavy atom. The summed E-state index contributed by atoms with van der Waals surface area (Å²) < 4.78 is 1.89. The van der Waals surface area contributed by atoms with Crippen LogP contribution in [0.1, 0.15) is 58.9 Å². The predicted molar refractivity (Wildman–Crippen MR) is 137 cm³/mol. The number of amides is 1. The average molecular weight is 469 g/mol. The van der Waals surface area contributed by atoms with Gasteiger partial charge >= 0.3 is 0 Å². The van der Waals surface area contributed by atoms with Crippen LogP contribution in [0.3, 0.4) is 0 Å². The van der Waals surface area contributed by atoms with Crippen molar-refractivity contribution in [1.82, 2.24) is 19.5 Å². The Balaban J connectivity index is 1.61. The number of hydrogen-bond donors (Lipinski definition) is 1. The Labute approximate surface area is 200 Å². The van der Waals surface area contributed by atoms with Gasteiger partial charge in [0, 0.05) is 31.2 Å². The number of nitrogens with zero attached hydrogens (tertiary/aromatic N) is 5. The first-order valence-corrected chi connectivity index (χ1v) is 12.8. The second-order valence-corrected chi connectivity index (χ2v) is 10.9. The van der Waals surface area contributed by atoms with Crippen LogP contribution in [0.5, 0.6) is 0 Å². The van der Waals surface area contributed by atoms with E-state index in [9.17, 15) is 4.79 Å². The molecule has 0 atom stereocenters. The number of benzene rings is 1. The summed E-state index contributed by atoms with van der Waals surface area (Å²) in [6.45, 7) is 10.6. The number of aromatic nitrogens is 3. The first-order valence-electron chi connectivity index (χ1n) is 12.0. The smallest absolute Gasteiger partial charge is 0.242 e. The van der Waals surface area contributed by atoms with E-state index in [1.54, 1.807) is 0 Å². The molecule has 0 unspecified atom stereocenters. The molecule has 8 heteroatoms. The minimum absolute atomic E-state index is 0.146. The number of nitrogens with one attached hydrogen (secondary N) is 1. The summed E-state index contributed by atoms with van der Waals surface area (Å²) in [5.41, 5.74) is 3.14. The van der Waals surface area contributed by atoms with Gasteiger partial charge in [-0.25, -0.2) is 4.98 Å². The van der Waals surface area contributed by atoms with E-state index < -0.39 is 0 Å². The number of likely N-dealkylation sites (tertiary alicyclic amines) is 1. The number of hydrogen-bond acceptors (Lipinski definition) is 6. The fourth-order valence-electron chi connectivity index (χ4n) is 4.15. The zero-order valence-corrected chi connectivity index (χ0v) is 21.3. The van der Waals surface area contributed by atoms with Crippen molar-refractivity contribution in [2.24, 2.45) is 0 Å². The minimum atomic E-state index is -0.146. The molecular weight excluding hydrogens is 432 g/mol. The van der Waals surface area contributed by atoms with Gasteiger partial charge in [0.25, 0.3) is 0 Å². The lowest BCUT2D eigenvalue weighted by molar-refractivity contribution is -0.129. The first kappa shape index (κ1) is 23.5. The van der Waals surface area contributed by atoms with Crippen molar-refractivity contribution in [3.05, 3.63) is 29.8 Å². The molecule has 3 heterocycles. The van der Waals surface area contributed by atoms with Crippen molar-refractivity contribution in [2.45, 2.75) is 65.3 Å². The molecular formula is C25H36N6OS. The van der Waals surface area contributed by atoms with Crippen molar-refractivity contribution >= 4 is 33.2 Å². The third-order valence-electron chi connectivity index (χ3n) is 5.98. The van der Waals surface area contributed by atoms with Crippen LogP contribution in [0.4, 0.5) is 10.9 Å². The van der Waals surface area contributed by atoms with E-state index in [2.05, 4.69) is 57.3 Å². The summed E-state index contributed by atoms with van der Waals surface area (Å²) in [6, 6.07) is 8.58. The summed E-state index contributed by atoms with van der Waals surface area (Å²) in [7, 11) is 1.94. The molecule has 1 aliphatic rings. The Morgan fingerprint density at radius 2 is 1.79 bits per heavy atom. The number of anilines is 2. The maximum atomic E-state index is 12.9. The molecule has 0 radical (unpaired) electrons. The Hall–Kier alpha value is -2.61. The molecule has 178 valence electrons. The molecule has 1 aromatic carbocycles. The molecule has 3 aromatic rings. The SMILES string of the molecule is CCc1ccc(-c2nc3sc(N(C)CC(=O)N4CCCCCC4)nn3c2NC(C)(C)C)cc1. The van der Waals surface area contributed by atoms with Gasteiger partial charge in [-0.2, -0.15) is 4.52 Å². The zero-order chi connectivity index (χ0) is 23.6. The summed E-state index contributed by atoms with van der Waals surface area (Å²) in [6.07, 6.45) is 5.65. The lowest BCUT2D eigenvalue weighted by Gasteiger charge is -2.24. The van der Waals surface area contributed by atoms with Crippen LogP contribution in [0.15, 0.2) is 24.3 Å². The molecule has 1 fully saturated rings. The minimum Gasteiger partial charge on any atom is -0.364 e. The maximum absolute atomic E-state index is 12.9. The van der Waals surface area contributed by atoms with Gasteiger partial charge in [-0.05, 0) is 45.6 Å². The molecule has 0 spiro atoms. The maximum Gasteiger partial charge on any atom is 0.242 e. The van der Waals surface area contributed by atoms with Gasteiger partial charge in [0.1, 0.15) is 5.69 Å². The topological polar surface area (TPSA) is 65.8 Å². The van der Waals surface area contributed by atoms with Crippen LogP contribution < -0.4 is 10.2 Å². The van der Waals surface area contributed by atoms with E-state index in [0.29, 0.717) is 6.54 Å².